The maximum Gasteiger partial charge on any atom is 0.335 e. The standard InChI is InChI=1S/3C4H6O6.H2O.2Sm/c3*5-1(3(7)8)2(6)4(9)10;;;/h3*1-2,5-6H,(H,7,8)(H,9,10);1H2;;. The second-order valence-corrected chi connectivity index (χ2v) is 4.70. The minimum Gasteiger partial charge on any atom is -0.479 e. The third-order valence-electron chi connectivity index (χ3n) is 2.42. The summed E-state index contributed by atoms with van der Waals surface area (Å²) in [5, 5.41) is 97.6. The number of hydrogen-bond donors (Lipinski definition) is 12. The molecule has 0 saturated carbocycles. The zero-order valence-electron chi connectivity index (χ0n) is 15.6. The van der Waals surface area contributed by atoms with E-state index >= 15 is 0 Å². The Kier molecular flexibility index (Phi) is 31.8. The molecule has 0 aromatic rings. The van der Waals surface area contributed by atoms with Gasteiger partial charge in [0.25, 0.3) is 0 Å². The molecule has 14 N–H and O–H groups in total. The Morgan fingerprint density at radius 3 is 0.424 bits per heavy atom. The summed E-state index contributed by atoms with van der Waals surface area (Å²) in [7, 11) is 0. The summed E-state index contributed by atoms with van der Waals surface area (Å²) in [5.74, 6) is -10.6. The van der Waals surface area contributed by atoms with Gasteiger partial charge in [-0.3, -0.25) is 0 Å². The Balaban J connectivity index is -0.0000000792. The van der Waals surface area contributed by atoms with Gasteiger partial charge in [-0.1, -0.05) is 0 Å². The van der Waals surface area contributed by atoms with E-state index < -0.39 is 72.4 Å². The van der Waals surface area contributed by atoms with Crippen molar-refractivity contribution in [3.8, 4) is 0 Å². The molecule has 0 spiro atoms. The van der Waals surface area contributed by atoms with Crippen LogP contribution in [-0.2, 0) is 28.8 Å². The van der Waals surface area contributed by atoms with Gasteiger partial charge in [-0.25, -0.2) is 28.8 Å². The molecule has 21 heteroatoms. The van der Waals surface area contributed by atoms with Crippen LogP contribution in [0.5, 0.6) is 0 Å². The summed E-state index contributed by atoms with van der Waals surface area (Å²) in [6, 6.07) is 0. The van der Waals surface area contributed by atoms with Gasteiger partial charge in [0.15, 0.2) is 36.6 Å². The Morgan fingerprint density at radius 2 is 0.394 bits per heavy atom. The van der Waals surface area contributed by atoms with Crippen molar-refractivity contribution in [2.75, 3.05) is 0 Å². The van der Waals surface area contributed by atoms with E-state index in [0.717, 1.165) is 0 Å². The minimum absolute atomic E-state index is 0. The van der Waals surface area contributed by atoms with Crippen molar-refractivity contribution < 1.29 is 176 Å². The summed E-state index contributed by atoms with van der Waals surface area (Å²) in [4.78, 5) is 58.6. The van der Waals surface area contributed by atoms with Gasteiger partial charge in [-0.15, -0.1) is 0 Å². The molecule has 0 heterocycles. The van der Waals surface area contributed by atoms with Crippen LogP contribution in [0.15, 0.2) is 0 Å². The Bertz CT molecular complexity index is 499. The first kappa shape index (κ1) is 45.7. The van der Waals surface area contributed by atoms with Crippen molar-refractivity contribution in [2.24, 2.45) is 0 Å². The Labute approximate surface area is 246 Å². The van der Waals surface area contributed by atoms with Crippen LogP contribution in [0.1, 0.15) is 0 Å². The molecule has 0 aliphatic carbocycles. The van der Waals surface area contributed by atoms with E-state index in [1.54, 1.807) is 0 Å². The van der Waals surface area contributed by atoms with Crippen molar-refractivity contribution in [3.05, 3.63) is 0 Å². The molecule has 6 atom stereocenters. The fourth-order valence-electron chi connectivity index (χ4n) is 0.810. The molecule has 0 amide bonds. The number of carboxylic acid groups (broad SMARTS) is 6. The molecule has 0 aromatic heterocycles. The molecule has 33 heavy (non-hydrogen) atoms. The molecule has 0 saturated heterocycles. The summed E-state index contributed by atoms with van der Waals surface area (Å²) < 4.78 is 0. The van der Waals surface area contributed by atoms with Gasteiger partial charge in [0.05, 0.1) is 0 Å². The third kappa shape index (κ3) is 21.5. The molecule has 0 rings (SSSR count). The van der Waals surface area contributed by atoms with E-state index in [4.69, 9.17) is 61.3 Å². The van der Waals surface area contributed by atoms with Gasteiger partial charge < -0.3 is 66.8 Å². The predicted octanol–water partition coefficient (Wildman–Crippen LogP) is -7.19. The maximum absolute atomic E-state index is 9.77. The quantitative estimate of drug-likeness (QED) is 0.104. The smallest absolute Gasteiger partial charge is 0.335 e. The first-order chi connectivity index (χ1) is 13.4. The summed E-state index contributed by atoms with van der Waals surface area (Å²) in [6.07, 6.45) is -13.6. The topological polar surface area (TPSA) is 377 Å². The predicted molar refractivity (Wildman–Crippen MR) is 85.5 cm³/mol. The third-order valence-corrected chi connectivity index (χ3v) is 2.42. The number of carboxylic acids is 6. The van der Waals surface area contributed by atoms with Crippen molar-refractivity contribution >= 4 is 35.8 Å². The number of aliphatic hydroxyl groups is 6. The van der Waals surface area contributed by atoms with Crippen LogP contribution in [0.3, 0.4) is 0 Å². The molecule has 19 nitrogen and oxygen atoms in total. The summed E-state index contributed by atoms with van der Waals surface area (Å²) in [6.45, 7) is 0. The number of aliphatic hydroxyl groups excluding tert-OH is 6. The Morgan fingerprint density at radius 1 is 0.333 bits per heavy atom. The molecule has 0 aliphatic heterocycles. The number of aliphatic carboxylic acids is 6. The second-order valence-electron chi connectivity index (χ2n) is 4.70. The molecular formula is C12H20O19Sm2. The van der Waals surface area contributed by atoms with E-state index in [0.29, 0.717) is 0 Å². The van der Waals surface area contributed by atoms with Crippen LogP contribution < -0.4 is 0 Å². The molecule has 6 unspecified atom stereocenters. The molecule has 0 fully saturated rings. The fourth-order valence-corrected chi connectivity index (χ4v) is 0.810. The molecule has 0 aliphatic rings. The number of hydrogen-bond acceptors (Lipinski definition) is 12. The Hall–Kier alpha value is -0.785. The van der Waals surface area contributed by atoms with Crippen LogP contribution >= 0.6 is 0 Å². The summed E-state index contributed by atoms with van der Waals surface area (Å²) >= 11 is 0. The molecule has 0 radical (unpaired) electrons. The van der Waals surface area contributed by atoms with E-state index in [1.807, 2.05) is 0 Å². The van der Waals surface area contributed by atoms with Gasteiger partial charge in [0, 0.05) is 80.8 Å². The average Bonchev–Trinajstić information content (AvgIpc) is 2.64. The van der Waals surface area contributed by atoms with Crippen LogP contribution in [0.25, 0.3) is 0 Å². The first-order valence-corrected chi connectivity index (χ1v) is 6.85. The van der Waals surface area contributed by atoms with Gasteiger partial charge in [0.2, 0.25) is 0 Å². The normalized spacial score (nSPS) is 14.4. The summed E-state index contributed by atoms with van der Waals surface area (Å²) in [5.41, 5.74) is 0. The molecule has 0 bridgehead atoms. The second kappa shape index (κ2) is 23.0. The zero-order chi connectivity index (χ0) is 24.9. The maximum atomic E-state index is 9.77. The van der Waals surface area contributed by atoms with Crippen LogP contribution in [-0.4, -0.2) is 139 Å². The van der Waals surface area contributed by atoms with Crippen LogP contribution in [0, 0.1) is 80.8 Å². The van der Waals surface area contributed by atoms with Crippen molar-refractivity contribution in [3.63, 3.8) is 0 Å². The van der Waals surface area contributed by atoms with Crippen molar-refractivity contribution in [2.45, 2.75) is 36.6 Å². The van der Waals surface area contributed by atoms with Gasteiger partial charge in [0.1, 0.15) is 0 Å². The van der Waals surface area contributed by atoms with E-state index in [9.17, 15) is 28.8 Å². The van der Waals surface area contributed by atoms with Gasteiger partial charge in [-0.2, -0.15) is 0 Å². The molecule has 0 aromatic carbocycles. The zero-order valence-corrected chi connectivity index (χ0v) is 20.8. The van der Waals surface area contributed by atoms with Crippen LogP contribution in [0.4, 0.5) is 0 Å². The largest absolute Gasteiger partial charge is 0.479 e. The average molecular weight is 769 g/mol. The van der Waals surface area contributed by atoms with Crippen LogP contribution in [0.2, 0.25) is 0 Å². The molecule has 194 valence electrons. The number of carbonyl (C=O) groups is 6. The van der Waals surface area contributed by atoms with Crippen molar-refractivity contribution in [1.82, 2.24) is 0 Å². The molecular weight excluding hydrogens is 749 g/mol. The van der Waals surface area contributed by atoms with Crippen molar-refractivity contribution in [1.29, 1.82) is 0 Å². The monoisotopic (exact) mass is 772 g/mol. The van der Waals surface area contributed by atoms with Gasteiger partial charge in [-0.05, 0) is 0 Å². The van der Waals surface area contributed by atoms with E-state index in [1.165, 1.54) is 0 Å². The minimum atomic E-state index is -2.27. The van der Waals surface area contributed by atoms with E-state index in [2.05, 4.69) is 0 Å². The number of rotatable bonds is 9. The first-order valence-electron chi connectivity index (χ1n) is 6.85. The van der Waals surface area contributed by atoms with E-state index in [-0.39, 0.29) is 86.3 Å². The SMILES string of the molecule is O.O=C(O)C(O)C(O)C(=O)O.O=C(O)C(O)C(O)C(=O)O.O=C(O)C(O)C(O)C(=O)O.[Sm].[Sm]. The fraction of sp³-hybridized carbons (Fsp3) is 0.500. The van der Waals surface area contributed by atoms with Gasteiger partial charge >= 0.3 is 35.8 Å².